The van der Waals surface area contributed by atoms with Crippen LogP contribution in [0.5, 0.6) is 0 Å². The molecular formula is C22H20ClF3N4O2. The van der Waals surface area contributed by atoms with Crippen LogP contribution < -0.4 is 0 Å². The Morgan fingerprint density at radius 3 is 2.47 bits per heavy atom. The minimum Gasteiger partial charge on any atom is -0.340 e. The van der Waals surface area contributed by atoms with Crippen LogP contribution in [0.4, 0.5) is 13.2 Å². The zero-order valence-electron chi connectivity index (χ0n) is 17.0. The van der Waals surface area contributed by atoms with Gasteiger partial charge in [-0.05, 0) is 29.8 Å². The summed E-state index contributed by atoms with van der Waals surface area (Å²) in [4.78, 5) is 20.6. The van der Waals surface area contributed by atoms with Crippen molar-refractivity contribution >= 4 is 17.5 Å². The lowest BCUT2D eigenvalue weighted by Gasteiger charge is -2.34. The van der Waals surface area contributed by atoms with Gasteiger partial charge in [0.15, 0.2) is 0 Å². The molecule has 1 aliphatic rings. The van der Waals surface area contributed by atoms with E-state index in [2.05, 4.69) is 15.0 Å². The van der Waals surface area contributed by atoms with Gasteiger partial charge in [-0.3, -0.25) is 9.69 Å². The van der Waals surface area contributed by atoms with E-state index in [1.54, 1.807) is 12.1 Å². The molecule has 168 valence electrons. The highest BCUT2D eigenvalue weighted by molar-refractivity contribution is 6.30. The summed E-state index contributed by atoms with van der Waals surface area (Å²) in [6.07, 6.45) is -4.12. The summed E-state index contributed by atoms with van der Waals surface area (Å²) >= 11 is 5.88. The first kappa shape index (κ1) is 22.3. The number of aromatic nitrogens is 2. The van der Waals surface area contributed by atoms with Gasteiger partial charge in [0, 0.05) is 36.8 Å². The van der Waals surface area contributed by atoms with Crippen LogP contribution in [0.25, 0.3) is 11.4 Å². The first-order valence-corrected chi connectivity index (χ1v) is 10.4. The molecule has 1 aliphatic heterocycles. The van der Waals surface area contributed by atoms with Crippen molar-refractivity contribution in [3.8, 4) is 11.4 Å². The molecular weight excluding hydrogens is 445 g/mol. The quantitative estimate of drug-likeness (QED) is 0.563. The van der Waals surface area contributed by atoms with E-state index in [-0.39, 0.29) is 17.3 Å². The highest BCUT2D eigenvalue weighted by Gasteiger charge is 2.31. The van der Waals surface area contributed by atoms with Crippen LogP contribution in [0.2, 0.25) is 5.02 Å². The van der Waals surface area contributed by atoms with Crippen LogP contribution >= 0.6 is 11.6 Å². The second-order valence-electron chi connectivity index (χ2n) is 7.55. The molecule has 32 heavy (non-hydrogen) atoms. The fourth-order valence-electron chi connectivity index (χ4n) is 3.51. The maximum Gasteiger partial charge on any atom is 0.416 e. The van der Waals surface area contributed by atoms with Crippen molar-refractivity contribution in [2.45, 2.75) is 19.1 Å². The average Bonchev–Trinajstić information content (AvgIpc) is 3.24. The predicted octanol–water partition coefficient (Wildman–Crippen LogP) is 4.30. The summed E-state index contributed by atoms with van der Waals surface area (Å²) in [5.74, 6) is 0.484. The number of benzene rings is 2. The minimum absolute atomic E-state index is 0.0524. The molecule has 0 radical (unpaired) electrons. The van der Waals surface area contributed by atoms with Crippen LogP contribution in [-0.4, -0.2) is 52.0 Å². The van der Waals surface area contributed by atoms with Gasteiger partial charge in [-0.25, -0.2) is 0 Å². The molecule has 3 aromatic rings. The predicted molar refractivity (Wildman–Crippen MR) is 112 cm³/mol. The van der Waals surface area contributed by atoms with E-state index in [1.165, 1.54) is 12.1 Å². The summed E-state index contributed by atoms with van der Waals surface area (Å²) in [6, 6.07) is 12.0. The summed E-state index contributed by atoms with van der Waals surface area (Å²) in [5.41, 5.74) is 0.392. The van der Waals surface area contributed by atoms with Crippen LogP contribution in [0.1, 0.15) is 17.0 Å². The summed E-state index contributed by atoms with van der Waals surface area (Å²) in [6.45, 7) is 2.77. The van der Waals surface area contributed by atoms with Gasteiger partial charge >= 0.3 is 6.18 Å². The largest absolute Gasteiger partial charge is 0.416 e. The molecule has 1 aromatic heterocycles. The van der Waals surface area contributed by atoms with Crippen molar-refractivity contribution in [3.05, 3.63) is 70.6 Å². The van der Waals surface area contributed by atoms with E-state index in [0.717, 1.165) is 17.7 Å². The third-order valence-electron chi connectivity index (χ3n) is 5.27. The standard InChI is InChI=1S/C22H20ClF3N4O2/c23-18-6-4-15(5-7-18)12-20(31)30-10-8-29(9-11-30)14-19-27-21(28-32-19)16-2-1-3-17(13-16)22(24,25)26/h1-7,13H,8-12,14H2. The fraction of sp³-hybridized carbons (Fsp3) is 0.318. The second kappa shape index (κ2) is 9.30. The lowest BCUT2D eigenvalue weighted by atomic mass is 10.1. The molecule has 0 atom stereocenters. The van der Waals surface area contributed by atoms with E-state index < -0.39 is 11.7 Å². The second-order valence-corrected chi connectivity index (χ2v) is 7.99. The molecule has 0 bridgehead atoms. The Morgan fingerprint density at radius 1 is 1.06 bits per heavy atom. The Morgan fingerprint density at radius 2 is 1.78 bits per heavy atom. The van der Waals surface area contributed by atoms with Gasteiger partial charge in [-0.1, -0.05) is 41.0 Å². The number of carbonyl (C=O) groups excluding carboxylic acids is 1. The van der Waals surface area contributed by atoms with Crippen LogP contribution in [0, 0.1) is 0 Å². The number of halogens is 4. The van der Waals surface area contributed by atoms with E-state index in [4.69, 9.17) is 16.1 Å². The maximum absolute atomic E-state index is 12.9. The van der Waals surface area contributed by atoms with Crippen molar-refractivity contribution in [1.82, 2.24) is 19.9 Å². The molecule has 1 fully saturated rings. The van der Waals surface area contributed by atoms with Gasteiger partial charge in [0.1, 0.15) is 0 Å². The van der Waals surface area contributed by atoms with Crippen molar-refractivity contribution < 1.29 is 22.5 Å². The fourth-order valence-corrected chi connectivity index (χ4v) is 3.63. The molecule has 0 spiro atoms. The zero-order valence-corrected chi connectivity index (χ0v) is 17.7. The van der Waals surface area contributed by atoms with Crippen LogP contribution in [-0.2, 0) is 23.9 Å². The number of alkyl halides is 3. The molecule has 0 N–H and O–H groups in total. The Hall–Kier alpha value is -2.91. The number of amides is 1. The molecule has 1 saturated heterocycles. The summed E-state index contributed by atoms with van der Waals surface area (Å²) in [7, 11) is 0. The van der Waals surface area contributed by atoms with E-state index in [1.807, 2.05) is 17.0 Å². The van der Waals surface area contributed by atoms with Gasteiger partial charge in [0.05, 0.1) is 18.5 Å². The topological polar surface area (TPSA) is 62.5 Å². The van der Waals surface area contributed by atoms with Crippen molar-refractivity contribution in [1.29, 1.82) is 0 Å². The Balaban J connectivity index is 1.31. The molecule has 2 aromatic carbocycles. The highest BCUT2D eigenvalue weighted by atomic mass is 35.5. The molecule has 6 nitrogen and oxygen atoms in total. The van der Waals surface area contributed by atoms with Crippen molar-refractivity contribution in [2.24, 2.45) is 0 Å². The van der Waals surface area contributed by atoms with Gasteiger partial charge in [0.2, 0.25) is 17.6 Å². The SMILES string of the molecule is O=C(Cc1ccc(Cl)cc1)N1CCN(Cc2nc(-c3cccc(C(F)(F)F)c3)no2)CC1. The molecule has 2 heterocycles. The average molecular weight is 465 g/mol. The first-order chi connectivity index (χ1) is 15.3. The minimum atomic E-state index is -4.44. The monoisotopic (exact) mass is 464 g/mol. The number of piperazine rings is 1. The van der Waals surface area contributed by atoms with Crippen molar-refractivity contribution in [2.75, 3.05) is 26.2 Å². The van der Waals surface area contributed by atoms with Gasteiger partial charge in [-0.15, -0.1) is 0 Å². The first-order valence-electron chi connectivity index (χ1n) is 10.0. The molecule has 1 amide bonds. The molecule has 0 aliphatic carbocycles. The van der Waals surface area contributed by atoms with Gasteiger partial charge in [0.25, 0.3) is 0 Å². The maximum atomic E-state index is 12.9. The third kappa shape index (κ3) is 5.46. The van der Waals surface area contributed by atoms with E-state index in [9.17, 15) is 18.0 Å². The molecule has 4 rings (SSSR count). The molecule has 10 heteroatoms. The Labute approximate surface area is 187 Å². The zero-order chi connectivity index (χ0) is 22.7. The number of hydrogen-bond acceptors (Lipinski definition) is 5. The van der Waals surface area contributed by atoms with E-state index in [0.29, 0.717) is 50.1 Å². The number of nitrogens with zero attached hydrogens (tertiary/aromatic N) is 4. The lowest BCUT2D eigenvalue weighted by Crippen LogP contribution is -2.48. The van der Waals surface area contributed by atoms with Crippen molar-refractivity contribution in [3.63, 3.8) is 0 Å². The normalized spacial score (nSPS) is 15.2. The Kier molecular flexibility index (Phi) is 6.48. The molecule has 0 unspecified atom stereocenters. The van der Waals surface area contributed by atoms with Crippen LogP contribution in [0.3, 0.4) is 0 Å². The van der Waals surface area contributed by atoms with Gasteiger partial charge in [-0.2, -0.15) is 18.2 Å². The number of hydrogen-bond donors (Lipinski definition) is 0. The van der Waals surface area contributed by atoms with Gasteiger partial charge < -0.3 is 9.42 Å². The highest BCUT2D eigenvalue weighted by Crippen LogP contribution is 2.31. The third-order valence-corrected chi connectivity index (χ3v) is 5.52. The Bertz CT molecular complexity index is 1080. The number of rotatable bonds is 5. The lowest BCUT2D eigenvalue weighted by molar-refractivity contribution is -0.137. The smallest absolute Gasteiger partial charge is 0.340 e. The van der Waals surface area contributed by atoms with E-state index >= 15 is 0 Å². The van der Waals surface area contributed by atoms with Crippen LogP contribution in [0.15, 0.2) is 53.1 Å². The molecule has 0 saturated carbocycles. The summed E-state index contributed by atoms with van der Waals surface area (Å²) in [5, 5.41) is 4.45. The summed E-state index contributed by atoms with van der Waals surface area (Å²) < 4.78 is 44.0. The number of carbonyl (C=O) groups is 1.